The van der Waals surface area contributed by atoms with Crippen molar-refractivity contribution in [2.24, 2.45) is 0 Å². The van der Waals surface area contributed by atoms with E-state index < -0.39 is 0 Å². The number of quaternary nitrogens is 1. The molecule has 0 spiro atoms. The number of piperazine rings is 1. The van der Waals surface area contributed by atoms with Gasteiger partial charge in [-0.1, -0.05) is 0 Å². The van der Waals surface area contributed by atoms with E-state index in [0.717, 1.165) is 13.1 Å². The number of hydrogen-bond donors (Lipinski definition) is 0. The van der Waals surface area contributed by atoms with E-state index in [-0.39, 0.29) is 12.1 Å². The highest BCUT2D eigenvalue weighted by molar-refractivity contribution is 5.70. The summed E-state index contributed by atoms with van der Waals surface area (Å²) in [6.07, 6.45) is -0.264. The molecule has 1 saturated heterocycles. The third-order valence-electron chi connectivity index (χ3n) is 3.16. The first-order valence-corrected chi connectivity index (χ1v) is 6.41. The number of amides is 1. The Labute approximate surface area is 108 Å². The van der Waals surface area contributed by atoms with Gasteiger partial charge in [-0.2, -0.15) is 0 Å². The molecule has 0 saturated carbocycles. The third kappa shape index (κ3) is 4.18. The van der Waals surface area contributed by atoms with E-state index in [1.54, 1.807) is 18.7 Å². The number of rotatable bonds is 4. The average Bonchev–Trinajstić information content (AvgIpc) is 2.29. The Kier molecular flexibility index (Phi) is 5.40. The lowest BCUT2D eigenvalue weighted by Gasteiger charge is -2.40. The highest BCUT2D eigenvalue weighted by Gasteiger charge is 2.33. The second kappa shape index (κ2) is 6.58. The smallest absolute Gasteiger partial charge is 0.410 e. The quantitative estimate of drug-likeness (QED) is 0.544. The summed E-state index contributed by atoms with van der Waals surface area (Å²) in [5.74, 6) is -0.176. The molecule has 1 aliphatic heterocycles. The van der Waals surface area contributed by atoms with Crippen LogP contribution in [0.1, 0.15) is 13.8 Å². The van der Waals surface area contributed by atoms with Gasteiger partial charge in [0.2, 0.25) is 0 Å². The van der Waals surface area contributed by atoms with E-state index >= 15 is 0 Å². The average molecular weight is 259 g/mol. The van der Waals surface area contributed by atoms with E-state index in [1.165, 1.54) is 0 Å². The van der Waals surface area contributed by atoms with Crippen LogP contribution in [0.4, 0.5) is 4.79 Å². The molecule has 0 aromatic carbocycles. The van der Waals surface area contributed by atoms with Crippen LogP contribution in [0.25, 0.3) is 0 Å². The molecule has 1 rings (SSSR count). The maximum absolute atomic E-state index is 11.5. The van der Waals surface area contributed by atoms with Gasteiger partial charge in [-0.05, 0) is 13.8 Å². The summed E-state index contributed by atoms with van der Waals surface area (Å²) in [6, 6.07) is 0. The van der Waals surface area contributed by atoms with Gasteiger partial charge in [0.05, 0.1) is 46.4 Å². The predicted octanol–water partition coefficient (Wildman–Crippen LogP) is 0.468. The van der Waals surface area contributed by atoms with Gasteiger partial charge in [-0.15, -0.1) is 0 Å². The van der Waals surface area contributed by atoms with Crippen LogP contribution in [-0.4, -0.2) is 74.4 Å². The molecule has 1 heterocycles. The van der Waals surface area contributed by atoms with Crippen LogP contribution < -0.4 is 0 Å². The van der Waals surface area contributed by atoms with E-state index in [2.05, 4.69) is 0 Å². The second-order valence-corrected chi connectivity index (χ2v) is 4.72. The van der Waals surface area contributed by atoms with Gasteiger partial charge >= 0.3 is 12.1 Å². The molecular formula is C12H23N2O4+. The van der Waals surface area contributed by atoms with E-state index in [9.17, 15) is 9.59 Å². The third-order valence-corrected chi connectivity index (χ3v) is 3.16. The highest BCUT2D eigenvalue weighted by Crippen LogP contribution is 2.11. The molecule has 0 unspecified atom stereocenters. The SMILES string of the molecule is CCOC(=O)C[N+]1(C)CCN(C(=O)OCC)CC1. The molecule has 0 radical (unpaired) electrons. The number of nitrogens with zero attached hydrogens (tertiary/aromatic N) is 2. The second-order valence-electron chi connectivity index (χ2n) is 4.72. The lowest BCUT2D eigenvalue weighted by atomic mass is 10.2. The van der Waals surface area contributed by atoms with Crippen LogP contribution in [0.2, 0.25) is 0 Å². The molecule has 0 aliphatic carbocycles. The van der Waals surface area contributed by atoms with Gasteiger partial charge in [-0.3, -0.25) is 4.90 Å². The molecule has 18 heavy (non-hydrogen) atoms. The Balaban J connectivity index is 2.41. The summed E-state index contributed by atoms with van der Waals surface area (Å²) in [7, 11) is 2.01. The number of esters is 1. The van der Waals surface area contributed by atoms with Gasteiger partial charge in [0.25, 0.3) is 0 Å². The fraction of sp³-hybridized carbons (Fsp3) is 0.833. The summed E-state index contributed by atoms with van der Waals surface area (Å²) in [5, 5.41) is 0. The lowest BCUT2D eigenvalue weighted by molar-refractivity contribution is -0.906. The number of ether oxygens (including phenoxy) is 2. The number of carbonyl (C=O) groups is 2. The molecule has 0 aromatic heterocycles. The van der Waals surface area contributed by atoms with Crippen molar-refractivity contribution in [3.63, 3.8) is 0 Å². The Morgan fingerprint density at radius 1 is 1.11 bits per heavy atom. The molecule has 0 aromatic rings. The molecule has 0 bridgehead atoms. The standard InChI is InChI=1S/C12H23N2O4/c1-4-17-11(15)10-14(3)8-6-13(7-9-14)12(16)18-5-2/h4-10H2,1-3H3/q+1. The van der Waals surface area contributed by atoms with Crippen LogP contribution in [0.15, 0.2) is 0 Å². The number of likely N-dealkylation sites (N-methyl/N-ethyl adjacent to an activating group) is 1. The molecule has 1 amide bonds. The van der Waals surface area contributed by atoms with Crippen molar-refractivity contribution >= 4 is 12.1 Å². The Hall–Kier alpha value is -1.30. The zero-order valence-electron chi connectivity index (χ0n) is 11.5. The Morgan fingerprint density at radius 2 is 1.67 bits per heavy atom. The molecule has 104 valence electrons. The summed E-state index contributed by atoms with van der Waals surface area (Å²) in [5.41, 5.74) is 0. The van der Waals surface area contributed by atoms with Gasteiger partial charge in [0, 0.05) is 0 Å². The zero-order valence-corrected chi connectivity index (χ0v) is 11.5. The first-order chi connectivity index (χ1) is 8.50. The minimum atomic E-state index is -0.264. The van der Waals surface area contributed by atoms with Crippen molar-refractivity contribution in [3.05, 3.63) is 0 Å². The first-order valence-electron chi connectivity index (χ1n) is 6.41. The van der Waals surface area contributed by atoms with Crippen LogP contribution in [0.5, 0.6) is 0 Å². The predicted molar refractivity (Wildman–Crippen MR) is 66.0 cm³/mol. The summed E-state index contributed by atoms with van der Waals surface area (Å²) < 4.78 is 10.5. The first kappa shape index (κ1) is 14.8. The fourth-order valence-electron chi connectivity index (χ4n) is 2.02. The monoisotopic (exact) mass is 259 g/mol. The number of carbonyl (C=O) groups excluding carboxylic acids is 2. The summed E-state index contributed by atoms with van der Waals surface area (Å²) >= 11 is 0. The van der Waals surface area contributed by atoms with Crippen molar-refractivity contribution in [2.75, 3.05) is 53.0 Å². The van der Waals surface area contributed by atoms with Crippen LogP contribution in [0, 0.1) is 0 Å². The number of hydrogen-bond acceptors (Lipinski definition) is 4. The minimum absolute atomic E-state index is 0.176. The molecule has 1 aliphatic rings. The van der Waals surface area contributed by atoms with Crippen molar-refractivity contribution in [1.29, 1.82) is 0 Å². The molecule has 0 N–H and O–H groups in total. The van der Waals surface area contributed by atoms with Crippen molar-refractivity contribution in [2.45, 2.75) is 13.8 Å². The summed E-state index contributed by atoms with van der Waals surface area (Å²) in [6.45, 7) is 7.50. The van der Waals surface area contributed by atoms with Gasteiger partial charge in [-0.25, -0.2) is 9.59 Å². The van der Waals surface area contributed by atoms with E-state index in [0.29, 0.717) is 37.3 Å². The lowest BCUT2D eigenvalue weighted by Crippen LogP contribution is -2.60. The van der Waals surface area contributed by atoms with Crippen molar-refractivity contribution < 1.29 is 23.5 Å². The molecule has 0 atom stereocenters. The zero-order chi connectivity index (χ0) is 13.6. The van der Waals surface area contributed by atoms with Gasteiger partial charge in [0.1, 0.15) is 0 Å². The maximum atomic E-state index is 11.5. The maximum Gasteiger partial charge on any atom is 0.410 e. The van der Waals surface area contributed by atoms with E-state index in [1.807, 2.05) is 7.05 Å². The van der Waals surface area contributed by atoms with Crippen molar-refractivity contribution in [1.82, 2.24) is 4.90 Å². The largest absolute Gasteiger partial charge is 0.462 e. The minimum Gasteiger partial charge on any atom is -0.462 e. The highest BCUT2D eigenvalue weighted by atomic mass is 16.6. The van der Waals surface area contributed by atoms with Gasteiger partial charge in [0.15, 0.2) is 6.54 Å². The van der Waals surface area contributed by atoms with Crippen LogP contribution in [0.3, 0.4) is 0 Å². The topological polar surface area (TPSA) is 55.8 Å². The Morgan fingerprint density at radius 3 is 2.17 bits per heavy atom. The van der Waals surface area contributed by atoms with Crippen LogP contribution in [-0.2, 0) is 14.3 Å². The normalized spacial score (nSPS) is 18.3. The van der Waals surface area contributed by atoms with Gasteiger partial charge < -0.3 is 14.0 Å². The Bertz CT molecular complexity index is 298. The fourth-order valence-corrected chi connectivity index (χ4v) is 2.02. The molecular weight excluding hydrogens is 236 g/mol. The van der Waals surface area contributed by atoms with Crippen molar-refractivity contribution in [3.8, 4) is 0 Å². The molecule has 1 fully saturated rings. The summed E-state index contributed by atoms with van der Waals surface area (Å²) in [4.78, 5) is 24.7. The van der Waals surface area contributed by atoms with E-state index in [4.69, 9.17) is 9.47 Å². The van der Waals surface area contributed by atoms with Crippen LogP contribution >= 0.6 is 0 Å². The molecule has 6 nitrogen and oxygen atoms in total. The molecule has 6 heteroatoms.